The molecule has 0 aromatic heterocycles. The molecule has 3 aromatic rings. The molecule has 0 aliphatic carbocycles. The van der Waals surface area contributed by atoms with Gasteiger partial charge >= 0.3 is 5.97 Å². The van der Waals surface area contributed by atoms with E-state index in [0.29, 0.717) is 16.3 Å². The Balaban J connectivity index is 1.58. The van der Waals surface area contributed by atoms with Gasteiger partial charge in [0, 0.05) is 0 Å². The molecule has 1 amide bonds. The van der Waals surface area contributed by atoms with Crippen LogP contribution in [0.5, 0.6) is 5.75 Å². The van der Waals surface area contributed by atoms with Crippen molar-refractivity contribution < 1.29 is 14.3 Å². The molecule has 1 N–H and O–H groups in total. The molecule has 0 saturated heterocycles. The highest BCUT2D eigenvalue weighted by molar-refractivity contribution is 6.33. The highest BCUT2D eigenvalue weighted by atomic mass is 35.5. The molecule has 0 heterocycles. The molecule has 0 unspecified atom stereocenters. The summed E-state index contributed by atoms with van der Waals surface area (Å²) >= 11 is 6.01. The molecule has 0 aliphatic heterocycles. The summed E-state index contributed by atoms with van der Waals surface area (Å²) in [7, 11) is 0. The Bertz CT molecular complexity index is 1000. The maximum atomic E-state index is 12.2. The van der Waals surface area contributed by atoms with Crippen LogP contribution in [0.4, 0.5) is 0 Å². The molecule has 3 aromatic carbocycles. The van der Waals surface area contributed by atoms with Gasteiger partial charge in [0.2, 0.25) is 5.91 Å². The molecule has 0 spiro atoms. The maximum absolute atomic E-state index is 12.2. The predicted molar refractivity (Wildman–Crippen MR) is 109 cm³/mol. The molecule has 28 heavy (non-hydrogen) atoms. The minimum Gasteiger partial charge on any atom is -0.423 e. The average Bonchev–Trinajstić information content (AvgIpc) is 2.69. The summed E-state index contributed by atoms with van der Waals surface area (Å²) in [6, 6.07) is 22.9. The van der Waals surface area contributed by atoms with Crippen LogP contribution in [0, 0.1) is 0 Å². The van der Waals surface area contributed by atoms with Gasteiger partial charge in [-0.1, -0.05) is 66.2 Å². The summed E-state index contributed by atoms with van der Waals surface area (Å²) in [5, 5.41) is 4.27. The number of carbonyl (C=O) groups excluding carboxylic acids is 2. The fourth-order valence-electron chi connectivity index (χ4n) is 2.45. The van der Waals surface area contributed by atoms with Crippen molar-refractivity contribution in [3.05, 3.63) is 101 Å². The fraction of sp³-hybridized carbons (Fsp3) is 0.0455. The second-order valence-corrected chi connectivity index (χ2v) is 6.30. The molecule has 0 fully saturated rings. The first-order valence-electron chi connectivity index (χ1n) is 8.54. The van der Waals surface area contributed by atoms with Crippen LogP contribution in [0.3, 0.4) is 0 Å². The van der Waals surface area contributed by atoms with E-state index >= 15 is 0 Å². The zero-order chi connectivity index (χ0) is 19.8. The summed E-state index contributed by atoms with van der Waals surface area (Å²) in [5.74, 6) is -0.413. The largest absolute Gasteiger partial charge is 0.423 e. The first-order valence-corrected chi connectivity index (χ1v) is 8.92. The lowest BCUT2D eigenvalue weighted by molar-refractivity contribution is -0.120. The predicted octanol–water partition coefficient (Wildman–Crippen LogP) is 4.25. The van der Waals surface area contributed by atoms with Crippen LogP contribution in [0.25, 0.3) is 0 Å². The Morgan fingerprint density at radius 1 is 0.964 bits per heavy atom. The van der Waals surface area contributed by atoms with E-state index in [0.717, 1.165) is 5.56 Å². The zero-order valence-electron chi connectivity index (χ0n) is 14.8. The summed E-state index contributed by atoms with van der Waals surface area (Å²) < 4.78 is 5.36. The molecule has 0 bridgehead atoms. The number of esters is 1. The molecule has 0 atom stereocenters. The fourth-order valence-corrected chi connectivity index (χ4v) is 2.66. The molecular formula is C22H17ClN2O3. The normalized spacial score (nSPS) is 10.6. The molecular weight excluding hydrogens is 376 g/mol. The second-order valence-electron chi connectivity index (χ2n) is 5.90. The van der Waals surface area contributed by atoms with Crippen molar-refractivity contribution in [1.29, 1.82) is 0 Å². The van der Waals surface area contributed by atoms with E-state index in [1.54, 1.807) is 48.5 Å². The number of benzene rings is 3. The number of hydrogen-bond acceptors (Lipinski definition) is 4. The van der Waals surface area contributed by atoms with Crippen LogP contribution >= 0.6 is 11.6 Å². The average molecular weight is 393 g/mol. The molecule has 0 aliphatic rings. The van der Waals surface area contributed by atoms with Gasteiger partial charge in [-0.15, -0.1) is 0 Å². The molecule has 3 rings (SSSR count). The van der Waals surface area contributed by atoms with Crippen molar-refractivity contribution in [3.63, 3.8) is 0 Å². The first kappa shape index (κ1) is 19.3. The first-order chi connectivity index (χ1) is 13.6. The van der Waals surface area contributed by atoms with E-state index in [1.807, 2.05) is 30.3 Å². The third kappa shape index (κ3) is 5.53. The third-order valence-electron chi connectivity index (χ3n) is 3.77. The second kappa shape index (κ2) is 9.48. The maximum Gasteiger partial charge on any atom is 0.345 e. The van der Waals surface area contributed by atoms with Crippen molar-refractivity contribution in [1.82, 2.24) is 5.43 Å². The van der Waals surface area contributed by atoms with Crippen LogP contribution in [-0.2, 0) is 11.2 Å². The van der Waals surface area contributed by atoms with Crippen molar-refractivity contribution >= 4 is 29.7 Å². The number of nitrogens with zero attached hydrogens (tertiary/aromatic N) is 1. The Hall–Kier alpha value is -3.44. The Morgan fingerprint density at radius 2 is 1.71 bits per heavy atom. The van der Waals surface area contributed by atoms with Crippen molar-refractivity contribution in [3.8, 4) is 5.75 Å². The van der Waals surface area contributed by atoms with Gasteiger partial charge in [-0.25, -0.2) is 10.2 Å². The van der Waals surface area contributed by atoms with Crippen LogP contribution in [0.2, 0.25) is 5.02 Å². The molecule has 0 saturated carbocycles. The standard InChI is InChI=1S/C22H17ClN2O3/c23-20-12-5-4-11-19(20)22(27)28-18-10-6-9-17(13-18)15-24-25-21(26)14-16-7-2-1-3-8-16/h1-13,15H,14H2,(H,25,26). The number of hydrogen-bond donors (Lipinski definition) is 1. The van der Waals surface area contributed by atoms with Gasteiger partial charge in [0.1, 0.15) is 5.75 Å². The summed E-state index contributed by atoms with van der Waals surface area (Å²) in [6.45, 7) is 0. The number of amides is 1. The number of halogens is 1. The topological polar surface area (TPSA) is 67.8 Å². The van der Waals surface area contributed by atoms with Gasteiger partial charge in [0.05, 0.1) is 23.2 Å². The number of nitrogens with one attached hydrogen (secondary N) is 1. The third-order valence-corrected chi connectivity index (χ3v) is 4.10. The number of hydrazone groups is 1. The Kier molecular flexibility index (Phi) is 6.54. The summed E-state index contributed by atoms with van der Waals surface area (Å²) in [5.41, 5.74) is 4.34. The molecule has 140 valence electrons. The van der Waals surface area contributed by atoms with Crippen LogP contribution < -0.4 is 10.2 Å². The molecule has 0 radical (unpaired) electrons. The van der Waals surface area contributed by atoms with Gasteiger partial charge in [-0.3, -0.25) is 4.79 Å². The number of rotatable bonds is 6. The van der Waals surface area contributed by atoms with Crippen molar-refractivity contribution in [2.75, 3.05) is 0 Å². The van der Waals surface area contributed by atoms with E-state index in [1.165, 1.54) is 6.21 Å². The van der Waals surface area contributed by atoms with E-state index in [2.05, 4.69) is 10.5 Å². The summed E-state index contributed by atoms with van der Waals surface area (Å²) in [4.78, 5) is 24.1. The van der Waals surface area contributed by atoms with Crippen LogP contribution in [0.15, 0.2) is 84.0 Å². The Morgan fingerprint density at radius 3 is 2.50 bits per heavy atom. The highest BCUT2D eigenvalue weighted by Crippen LogP contribution is 2.19. The molecule has 6 heteroatoms. The lowest BCUT2D eigenvalue weighted by Crippen LogP contribution is -2.19. The van der Waals surface area contributed by atoms with E-state index in [4.69, 9.17) is 16.3 Å². The highest BCUT2D eigenvalue weighted by Gasteiger charge is 2.12. The van der Waals surface area contributed by atoms with Gasteiger partial charge in [-0.05, 0) is 35.4 Å². The lowest BCUT2D eigenvalue weighted by atomic mass is 10.1. The van der Waals surface area contributed by atoms with Gasteiger partial charge in [-0.2, -0.15) is 5.10 Å². The quantitative estimate of drug-likeness (QED) is 0.295. The summed E-state index contributed by atoms with van der Waals surface area (Å²) in [6.07, 6.45) is 1.73. The van der Waals surface area contributed by atoms with Gasteiger partial charge in [0.25, 0.3) is 0 Å². The SMILES string of the molecule is O=C(Cc1ccccc1)NN=Cc1cccc(OC(=O)c2ccccc2Cl)c1. The Labute approximate surface area is 167 Å². The van der Waals surface area contributed by atoms with Crippen molar-refractivity contribution in [2.45, 2.75) is 6.42 Å². The van der Waals surface area contributed by atoms with Gasteiger partial charge in [0.15, 0.2) is 0 Å². The van der Waals surface area contributed by atoms with Crippen molar-refractivity contribution in [2.24, 2.45) is 5.10 Å². The number of carbonyl (C=O) groups is 2. The van der Waals surface area contributed by atoms with E-state index < -0.39 is 5.97 Å². The van der Waals surface area contributed by atoms with Crippen LogP contribution in [0.1, 0.15) is 21.5 Å². The van der Waals surface area contributed by atoms with E-state index in [-0.39, 0.29) is 17.9 Å². The minimum atomic E-state index is -0.546. The zero-order valence-corrected chi connectivity index (χ0v) is 15.6. The van der Waals surface area contributed by atoms with E-state index in [9.17, 15) is 9.59 Å². The number of ether oxygens (including phenoxy) is 1. The van der Waals surface area contributed by atoms with Gasteiger partial charge < -0.3 is 4.74 Å². The lowest BCUT2D eigenvalue weighted by Gasteiger charge is -2.06. The van der Waals surface area contributed by atoms with Crippen LogP contribution in [-0.4, -0.2) is 18.1 Å². The smallest absolute Gasteiger partial charge is 0.345 e. The monoisotopic (exact) mass is 392 g/mol. The molecule has 5 nitrogen and oxygen atoms in total. The minimum absolute atomic E-state index is 0.219.